The highest BCUT2D eigenvalue weighted by atomic mass is 16.5. The molecule has 0 radical (unpaired) electrons. The number of benzene rings is 1. The Hall–Kier alpha value is -1.75. The van der Waals surface area contributed by atoms with Crippen molar-refractivity contribution in [2.75, 3.05) is 51.8 Å². The van der Waals surface area contributed by atoms with Gasteiger partial charge in [-0.1, -0.05) is 0 Å². The Bertz CT molecular complexity index is 413. The Morgan fingerprint density at radius 3 is 2.53 bits per heavy atom. The molecule has 0 aromatic heterocycles. The van der Waals surface area contributed by atoms with Gasteiger partial charge in [0.05, 0.1) is 13.7 Å². The van der Waals surface area contributed by atoms with Crippen molar-refractivity contribution in [3.8, 4) is 5.75 Å². The number of hydrogen-bond acceptors (Lipinski definition) is 4. The summed E-state index contributed by atoms with van der Waals surface area (Å²) in [6.45, 7) is 3.78. The van der Waals surface area contributed by atoms with Crippen molar-refractivity contribution in [1.29, 1.82) is 0 Å². The van der Waals surface area contributed by atoms with Gasteiger partial charge in [0.25, 0.3) is 0 Å². The fourth-order valence-corrected chi connectivity index (χ4v) is 2.15. The first-order chi connectivity index (χ1) is 9.20. The number of carbonyl (C=O) groups excluding carboxylic acids is 1. The average molecular weight is 263 g/mol. The minimum atomic E-state index is 0.180. The van der Waals surface area contributed by atoms with E-state index in [-0.39, 0.29) is 5.91 Å². The lowest BCUT2D eigenvalue weighted by molar-refractivity contribution is -0.130. The number of ether oxygens (including phenoxy) is 1. The zero-order valence-corrected chi connectivity index (χ0v) is 11.6. The number of methoxy groups -OCH3 is 1. The standard InChI is InChI=1S/C14H21N3O2/c1-16(12-3-5-13(19-2)6-4-12)11-14(18)17-9-7-15-8-10-17/h3-6,15H,7-11H2,1-2H3. The van der Waals surface area contributed by atoms with Gasteiger partial charge in [-0.2, -0.15) is 0 Å². The van der Waals surface area contributed by atoms with E-state index in [0.717, 1.165) is 37.6 Å². The highest BCUT2D eigenvalue weighted by Gasteiger charge is 2.17. The molecule has 1 saturated heterocycles. The normalized spacial score (nSPS) is 15.2. The molecule has 19 heavy (non-hydrogen) atoms. The SMILES string of the molecule is COc1ccc(N(C)CC(=O)N2CCNCC2)cc1. The zero-order chi connectivity index (χ0) is 13.7. The van der Waals surface area contributed by atoms with E-state index in [9.17, 15) is 4.79 Å². The van der Waals surface area contributed by atoms with Gasteiger partial charge in [-0.3, -0.25) is 4.79 Å². The van der Waals surface area contributed by atoms with Crippen LogP contribution in [-0.2, 0) is 4.79 Å². The van der Waals surface area contributed by atoms with Crippen LogP contribution in [0.15, 0.2) is 24.3 Å². The summed E-state index contributed by atoms with van der Waals surface area (Å²) in [5, 5.41) is 3.25. The maximum absolute atomic E-state index is 12.1. The van der Waals surface area contributed by atoms with Crippen molar-refractivity contribution in [2.24, 2.45) is 0 Å². The van der Waals surface area contributed by atoms with Gasteiger partial charge in [-0.15, -0.1) is 0 Å². The maximum atomic E-state index is 12.1. The highest BCUT2D eigenvalue weighted by molar-refractivity contribution is 5.81. The van der Waals surface area contributed by atoms with Gasteiger partial charge in [-0.25, -0.2) is 0 Å². The molecule has 0 spiro atoms. The molecule has 2 rings (SSSR count). The summed E-state index contributed by atoms with van der Waals surface area (Å²) in [7, 11) is 3.58. The van der Waals surface area contributed by atoms with Gasteiger partial charge in [0, 0.05) is 38.9 Å². The molecule has 0 aliphatic carbocycles. The first-order valence-corrected chi connectivity index (χ1v) is 6.54. The minimum Gasteiger partial charge on any atom is -0.497 e. The Kier molecular flexibility index (Phi) is 4.63. The van der Waals surface area contributed by atoms with Crippen LogP contribution in [0.25, 0.3) is 0 Å². The van der Waals surface area contributed by atoms with Crippen LogP contribution in [-0.4, -0.2) is 57.7 Å². The predicted molar refractivity (Wildman–Crippen MR) is 75.7 cm³/mol. The quantitative estimate of drug-likeness (QED) is 0.862. The molecule has 0 saturated carbocycles. The number of hydrogen-bond donors (Lipinski definition) is 1. The van der Waals surface area contributed by atoms with Gasteiger partial charge in [0.2, 0.25) is 5.91 Å². The third kappa shape index (κ3) is 3.61. The fraction of sp³-hybridized carbons (Fsp3) is 0.500. The number of carbonyl (C=O) groups is 1. The molecule has 1 aliphatic heterocycles. The summed E-state index contributed by atoms with van der Waals surface area (Å²) in [5.74, 6) is 1.00. The lowest BCUT2D eigenvalue weighted by Crippen LogP contribution is -2.49. The van der Waals surface area contributed by atoms with E-state index in [1.165, 1.54) is 0 Å². The summed E-state index contributed by atoms with van der Waals surface area (Å²) >= 11 is 0. The summed E-state index contributed by atoms with van der Waals surface area (Å²) in [4.78, 5) is 16.0. The van der Waals surface area contributed by atoms with Crippen molar-refractivity contribution in [2.45, 2.75) is 0 Å². The molecule has 104 valence electrons. The summed E-state index contributed by atoms with van der Waals surface area (Å²) < 4.78 is 5.12. The van der Waals surface area contributed by atoms with Crippen LogP contribution in [0.3, 0.4) is 0 Å². The minimum absolute atomic E-state index is 0.180. The first kappa shape index (κ1) is 13.7. The molecule has 1 aromatic rings. The summed E-state index contributed by atoms with van der Waals surface area (Å²) in [6, 6.07) is 7.73. The molecule has 1 N–H and O–H groups in total. The molecule has 1 amide bonds. The molecule has 0 atom stereocenters. The van der Waals surface area contributed by atoms with Gasteiger partial charge in [-0.05, 0) is 24.3 Å². The average Bonchev–Trinajstić information content (AvgIpc) is 2.48. The zero-order valence-electron chi connectivity index (χ0n) is 11.6. The van der Waals surface area contributed by atoms with E-state index in [0.29, 0.717) is 6.54 Å². The van der Waals surface area contributed by atoms with Crippen LogP contribution in [0.4, 0.5) is 5.69 Å². The lowest BCUT2D eigenvalue weighted by atomic mass is 10.2. The van der Waals surface area contributed by atoms with Gasteiger partial charge in [0.15, 0.2) is 0 Å². The highest BCUT2D eigenvalue weighted by Crippen LogP contribution is 2.18. The van der Waals surface area contributed by atoms with Crippen molar-refractivity contribution in [1.82, 2.24) is 10.2 Å². The second kappa shape index (κ2) is 6.43. The van der Waals surface area contributed by atoms with Crippen LogP contribution in [0.2, 0.25) is 0 Å². The fourth-order valence-electron chi connectivity index (χ4n) is 2.15. The largest absolute Gasteiger partial charge is 0.497 e. The van der Waals surface area contributed by atoms with Crippen LogP contribution in [0, 0.1) is 0 Å². The number of likely N-dealkylation sites (N-methyl/N-ethyl adjacent to an activating group) is 1. The summed E-state index contributed by atoms with van der Waals surface area (Å²) in [5.41, 5.74) is 1.02. The molecule has 0 bridgehead atoms. The third-order valence-corrected chi connectivity index (χ3v) is 3.36. The number of amides is 1. The van der Waals surface area contributed by atoms with Crippen LogP contribution < -0.4 is 15.0 Å². The second-order valence-electron chi connectivity index (χ2n) is 4.68. The van der Waals surface area contributed by atoms with Crippen molar-refractivity contribution >= 4 is 11.6 Å². The topological polar surface area (TPSA) is 44.8 Å². The molecular weight excluding hydrogens is 242 g/mol. The molecule has 1 aromatic carbocycles. The monoisotopic (exact) mass is 263 g/mol. The third-order valence-electron chi connectivity index (χ3n) is 3.36. The Morgan fingerprint density at radius 1 is 1.32 bits per heavy atom. The molecule has 5 nitrogen and oxygen atoms in total. The van der Waals surface area contributed by atoms with E-state index in [2.05, 4.69) is 5.32 Å². The predicted octanol–water partition coefficient (Wildman–Crippen LogP) is 0.563. The van der Waals surface area contributed by atoms with Gasteiger partial charge in [0.1, 0.15) is 5.75 Å². The molecule has 5 heteroatoms. The number of nitrogens with one attached hydrogen (secondary N) is 1. The number of anilines is 1. The van der Waals surface area contributed by atoms with Gasteiger partial charge < -0.3 is 19.9 Å². The lowest BCUT2D eigenvalue weighted by Gasteiger charge is -2.29. The maximum Gasteiger partial charge on any atom is 0.242 e. The summed E-state index contributed by atoms with van der Waals surface area (Å²) in [6.07, 6.45) is 0. The van der Waals surface area contributed by atoms with Crippen LogP contribution in [0.5, 0.6) is 5.75 Å². The first-order valence-electron chi connectivity index (χ1n) is 6.54. The molecule has 1 fully saturated rings. The molecule has 1 heterocycles. The number of piperazine rings is 1. The molecular formula is C14H21N3O2. The van der Waals surface area contributed by atoms with Crippen molar-refractivity contribution in [3.63, 3.8) is 0 Å². The Labute approximate surface area is 114 Å². The van der Waals surface area contributed by atoms with E-state index < -0.39 is 0 Å². The Morgan fingerprint density at radius 2 is 1.95 bits per heavy atom. The van der Waals surface area contributed by atoms with Gasteiger partial charge >= 0.3 is 0 Å². The van der Waals surface area contributed by atoms with Crippen LogP contribution >= 0.6 is 0 Å². The Balaban J connectivity index is 1.91. The number of rotatable bonds is 4. The number of nitrogens with zero attached hydrogens (tertiary/aromatic N) is 2. The van der Waals surface area contributed by atoms with E-state index in [4.69, 9.17) is 4.74 Å². The van der Waals surface area contributed by atoms with Crippen molar-refractivity contribution < 1.29 is 9.53 Å². The molecule has 1 aliphatic rings. The van der Waals surface area contributed by atoms with Crippen molar-refractivity contribution in [3.05, 3.63) is 24.3 Å². The van der Waals surface area contributed by atoms with E-state index in [1.807, 2.05) is 41.1 Å². The molecule has 0 unspecified atom stereocenters. The van der Waals surface area contributed by atoms with Crippen LogP contribution in [0.1, 0.15) is 0 Å². The smallest absolute Gasteiger partial charge is 0.242 e. The second-order valence-corrected chi connectivity index (χ2v) is 4.68. The van der Waals surface area contributed by atoms with E-state index in [1.54, 1.807) is 7.11 Å². The van der Waals surface area contributed by atoms with E-state index >= 15 is 0 Å².